The molecule has 10 N–H and O–H groups in total. The van der Waals surface area contributed by atoms with Crippen LogP contribution in [0.25, 0.3) is 0 Å². The third-order valence-corrected chi connectivity index (χ3v) is 18.3. The summed E-state index contributed by atoms with van der Waals surface area (Å²) in [6.45, 7) is 14.5. The van der Waals surface area contributed by atoms with Gasteiger partial charge in [0.05, 0.1) is 31.3 Å². The molecule has 3 heterocycles. The highest BCUT2D eigenvalue weighted by Gasteiger charge is 2.69. The second-order valence-electron chi connectivity index (χ2n) is 21.6. The monoisotopic (exact) mass is 896 g/mol. The highest BCUT2D eigenvalue weighted by molar-refractivity contribution is 5.79. The van der Waals surface area contributed by atoms with E-state index in [0.717, 1.165) is 37.7 Å². The molecule has 7 fully saturated rings. The minimum atomic E-state index is -1.72. The number of esters is 1. The lowest BCUT2D eigenvalue weighted by Gasteiger charge is -2.71. The summed E-state index contributed by atoms with van der Waals surface area (Å²) in [7, 11) is 0. The molecule has 4 saturated carbocycles. The number of aliphatic hydroxyl groups is 10. The third kappa shape index (κ3) is 7.43. The predicted octanol–water partition coefficient (Wildman–Crippen LogP) is 0.310. The minimum absolute atomic E-state index is 0.106. The van der Waals surface area contributed by atoms with Gasteiger partial charge in [-0.15, -0.1) is 0 Å². The first-order chi connectivity index (χ1) is 29.6. The van der Waals surface area contributed by atoms with Crippen LogP contribution in [0.4, 0.5) is 0 Å². The molecule has 63 heavy (non-hydrogen) atoms. The zero-order valence-corrected chi connectivity index (χ0v) is 37.2. The highest BCUT2D eigenvalue weighted by atomic mass is 16.7. The molecule has 0 aromatic rings. The van der Waals surface area contributed by atoms with Crippen molar-refractivity contribution in [2.45, 2.75) is 191 Å². The molecule has 0 spiro atoms. The summed E-state index contributed by atoms with van der Waals surface area (Å²) in [5.41, 5.74) is 0.530. The van der Waals surface area contributed by atoms with Gasteiger partial charge in [-0.05, 0) is 97.7 Å². The van der Waals surface area contributed by atoms with Crippen LogP contribution < -0.4 is 0 Å². The molecule has 0 bridgehead atoms. The molecule has 17 heteroatoms. The van der Waals surface area contributed by atoms with Gasteiger partial charge in [-0.2, -0.15) is 0 Å². The van der Waals surface area contributed by atoms with Crippen LogP contribution in [-0.2, 0) is 33.2 Å². The van der Waals surface area contributed by atoms with Crippen LogP contribution in [0.15, 0.2) is 23.8 Å². The molecule has 8 rings (SSSR count). The number of allylic oxidation sites excluding steroid dienone is 3. The molecule has 0 radical (unpaired) electrons. The second-order valence-corrected chi connectivity index (χ2v) is 21.6. The molecule has 22 atom stereocenters. The van der Waals surface area contributed by atoms with E-state index in [9.17, 15) is 55.9 Å². The topological polar surface area (TPSA) is 275 Å². The van der Waals surface area contributed by atoms with Gasteiger partial charge in [0.2, 0.25) is 6.29 Å². The number of ether oxygens (including phenoxy) is 6. The normalized spacial score (nSPS) is 53.3. The summed E-state index contributed by atoms with van der Waals surface area (Å²) >= 11 is 0. The van der Waals surface area contributed by atoms with E-state index in [2.05, 4.69) is 47.3 Å². The molecule has 358 valence electrons. The van der Waals surface area contributed by atoms with E-state index in [4.69, 9.17) is 28.4 Å². The highest BCUT2D eigenvalue weighted by Crippen LogP contribution is 2.75. The molecule has 8 aliphatic rings. The average molecular weight is 897 g/mol. The number of hydrogen-bond acceptors (Lipinski definition) is 17. The maximum atomic E-state index is 14.5. The Morgan fingerprint density at radius 3 is 2.02 bits per heavy atom. The fourth-order valence-electron chi connectivity index (χ4n) is 14.3. The number of aliphatic hydroxyl groups excluding tert-OH is 10. The lowest BCUT2D eigenvalue weighted by atomic mass is 9.34. The van der Waals surface area contributed by atoms with Gasteiger partial charge >= 0.3 is 5.97 Å². The van der Waals surface area contributed by atoms with E-state index in [1.165, 1.54) is 5.57 Å². The van der Waals surface area contributed by atoms with Crippen molar-refractivity contribution in [3.63, 3.8) is 0 Å². The molecule has 3 aliphatic heterocycles. The van der Waals surface area contributed by atoms with Crippen molar-refractivity contribution in [1.82, 2.24) is 0 Å². The van der Waals surface area contributed by atoms with E-state index < -0.39 is 111 Å². The van der Waals surface area contributed by atoms with Gasteiger partial charge < -0.3 is 79.5 Å². The van der Waals surface area contributed by atoms with Crippen molar-refractivity contribution in [3.8, 4) is 0 Å². The van der Waals surface area contributed by atoms with E-state index in [-0.39, 0.29) is 46.2 Å². The summed E-state index contributed by atoms with van der Waals surface area (Å²) in [6, 6.07) is 0. The summed E-state index contributed by atoms with van der Waals surface area (Å²) < 4.78 is 35.4. The maximum Gasteiger partial charge on any atom is 0.315 e. The quantitative estimate of drug-likeness (QED) is 0.0892. The van der Waals surface area contributed by atoms with Crippen molar-refractivity contribution in [1.29, 1.82) is 0 Å². The van der Waals surface area contributed by atoms with Crippen molar-refractivity contribution in [2.24, 2.45) is 44.8 Å². The van der Waals surface area contributed by atoms with Crippen LogP contribution in [0.2, 0.25) is 0 Å². The van der Waals surface area contributed by atoms with Gasteiger partial charge in [-0.3, -0.25) is 4.79 Å². The first kappa shape index (κ1) is 47.8. The van der Waals surface area contributed by atoms with Gasteiger partial charge in [0.15, 0.2) is 12.6 Å². The Hall–Kier alpha value is -1.65. The van der Waals surface area contributed by atoms with E-state index >= 15 is 0 Å². The van der Waals surface area contributed by atoms with E-state index in [1.54, 1.807) is 0 Å². The third-order valence-electron chi connectivity index (χ3n) is 18.3. The number of fused-ring (bicyclic) bond motifs is 7. The van der Waals surface area contributed by atoms with E-state index in [1.807, 2.05) is 0 Å². The maximum absolute atomic E-state index is 14.5. The lowest BCUT2D eigenvalue weighted by molar-refractivity contribution is -0.357. The van der Waals surface area contributed by atoms with Crippen LogP contribution in [0, 0.1) is 44.8 Å². The minimum Gasteiger partial charge on any atom is -0.432 e. The number of carbonyl (C=O) groups excluding carboxylic acids is 1. The SMILES string of the molecule is C=C1CC[C@]2(C(=O)O[C@@H]3O[C@H](CO)[C@@H](O)[C@H](O)[C@H]3O)CC[C@]3(C)C(=CC[C@@H]4[C@@]5(C)CC[C@H](O[C@@H]6OC[C@H](O)[C@H](O[C@@H]7O[C@H](CO)[C@H](O)[C@H](O)[C@H]7O)[C@H]6O)C(C)(C)[C@@H]5CC[C@]43C)[C@@H]2C1. The Bertz CT molecular complexity index is 1740. The number of carbonyl (C=O) groups is 1. The number of hydrogen-bond donors (Lipinski definition) is 10. The summed E-state index contributed by atoms with van der Waals surface area (Å²) in [6.07, 6.45) is -11.5. The standard InChI is InChI=1S/C46H72O17/c1-21-9-14-46(41(57)63-40-35(55)33(53)31(51)26(19-48)60-40)16-15-44(5)22(23(46)17-21)7-8-28-43(4)12-11-29(42(2,3)27(43)10-13-45(28,44)6)61-38-36(56)37(24(49)20-58-38)62-39-34(54)32(52)30(50)25(18-47)59-39/h7,23-40,47-56H,1,8-20H2,2-6H3/t23-,24-,25+,26+,27-,28+,29-,30-,31+,32-,33-,34+,35+,36+,37-,38-,39-,40-,43-,44+,45+,46-/m0/s1. The lowest BCUT2D eigenvalue weighted by Crippen LogP contribution is -2.66. The summed E-state index contributed by atoms with van der Waals surface area (Å²) in [5, 5.41) is 104. The Labute approximate surface area is 369 Å². The molecule has 5 aliphatic carbocycles. The van der Waals surface area contributed by atoms with Crippen molar-refractivity contribution in [2.75, 3.05) is 19.8 Å². The summed E-state index contributed by atoms with van der Waals surface area (Å²) in [5.74, 6) is -0.184. The second kappa shape index (κ2) is 17.1. The Balaban J connectivity index is 0.996. The Morgan fingerprint density at radius 2 is 1.37 bits per heavy atom. The van der Waals surface area contributed by atoms with Gasteiger partial charge in [-0.25, -0.2) is 0 Å². The molecule has 0 amide bonds. The van der Waals surface area contributed by atoms with Crippen molar-refractivity contribution < 1.29 is 84.3 Å². The van der Waals surface area contributed by atoms with Crippen molar-refractivity contribution >= 4 is 5.97 Å². The van der Waals surface area contributed by atoms with Crippen LogP contribution in [0.1, 0.15) is 98.8 Å². The first-order valence-corrected chi connectivity index (χ1v) is 23.1. The largest absolute Gasteiger partial charge is 0.432 e. The van der Waals surface area contributed by atoms with E-state index in [0.29, 0.717) is 38.0 Å². The molecule has 0 aromatic carbocycles. The zero-order chi connectivity index (χ0) is 45.8. The van der Waals surface area contributed by atoms with Crippen LogP contribution in [0.3, 0.4) is 0 Å². The van der Waals surface area contributed by atoms with Crippen molar-refractivity contribution in [3.05, 3.63) is 23.8 Å². The fourth-order valence-corrected chi connectivity index (χ4v) is 14.3. The number of rotatable bonds is 8. The van der Waals surface area contributed by atoms with Gasteiger partial charge in [-0.1, -0.05) is 58.4 Å². The zero-order valence-electron chi connectivity index (χ0n) is 37.2. The Kier molecular flexibility index (Phi) is 13.0. The molecule has 0 unspecified atom stereocenters. The van der Waals surface area contributed by atoms with Crippen LogP contribution in [0.5, 0.6) is 0 Å². The fraction of sp³-hybridized carbons (Fsp3) is 0.891. The summed E-state index contributed by atoms with van der Waals surface area (Å²) in [4.78, 5) is 14.5. The van der Waals surface area contributed by atoms with Crippen LogP contribution in [-0.4, -0.2) is 169 Å². The van der Waals surface area contributed by atoms with Gasteiger partial charge in [0.25, 0.3) is 0 Å². The van der Waals surface area contributed by atoms with Gasteiger partial charge in [0.1, 0.15) is 67.1 Å². The predicted molar refractivity (Wildman–Crippen MR) is 220 cm³/mol. The first-order valence-electron chi connectivity index (χ1n) is 23.1. The molecule has 0 aromatic heterocycles. The molecular weight excluding hydrogens is 824 g/mol. The molecule has 17 nitrogen and oxygen atoms in total. The smallest absolute Gasteiger partial charge is 0.315 e. The molecular formula is C46H72O17. The Morgan fingerprint density at radius 1 is 0.730 bits per heavy atom. The van der Waals surface area contributed by atoms with Crippen LogP contribution >= 0.6 is 0 Å². The average Bonchev–Trinajstić information content (AvgIpc) is 3.24. The molecule has 3 saturated heterocycles. The van der Waals surface area contributed by atoms with Gasteiger partial charge in [0, 0.05) is 5.92 Å².